The van der Waals surface area contributed by atoms with E-state index >= 15 is 0 Å². The first kappa shape index (κ1) is 18.9. The minimum Gasteiger partial charge on any atom is -0.457 e. The lowest BCUT2D eigenvalue weighted by Crippen LogP contribution is -2.28. The van der Waals surface area contributed by atoms with Crippen LogP contribution in [0.3, 0.4) is 0 Å². The molecule has 2 aromatic carbocycles. The summed E-state index contributed by atoms with van der Waals surface area (Å²) in [6, 6.07) is 19.2. The van der Waals surface area contributed by atoms with Crippen LogP contribution in [0.1, 0.15) is 12.8 Å². The second-order valence-electron chi connectivity index (χ2n) is 7.46. The summed E-state index contributed by atoms with van der Waals surface area (Å²) in [6.07, 6.45) is 7.82. The van der Waals surface area contributed by atoms with Gasteiger partial charge in [-0.3, -0.25) is 0 Å². The third kappa shape index (κ3) is 4.01. The van der Waals surface area contributed by atoms with Crippen LogP contribution in [0, 0.1) is 11.5 Å². The molecule has 3 heterocycles. The van der Waals surface area contributed by atoms with E-state index in [0.29, 0.717) is 18.2 Å². The van der Waals surface area contributed by atoms with Gasteiger partial charge in [0.1, 0.15) is 29.1 Å². The van der Waals surface area contributed by atoms with Gasteiger partial charge >= 0.3 is 0 Å². The van der Waals surface area contributed by atoms with Crippen molar-refractivity contribution < 1.29 is 9.47 Å². The van der Waals surface area contributed by atoms with E-state index in [2.05, 4.69) is 20.7 Å². The molecule has 0 saturated carbocycles. The summed E-state index contributed by atoms with van der Waals surface area (Å²) in [4.78, 5) is 10.6. The number of aromatic nitrogens is 3. The van der Waals surface area contributed by atoms with Gasteiger partial charge < -0.3 is 18.9 Å². The zero-order chi connectivity index (χ0) is 21.0. The zero-order valence-corrected chi connectivity index (χ0v) is 16.9. The number of likely N-dealkylation sites (tertiary alicyclic amines) is 1. The largest absolute Gasteiger partial charge is 0.457 e. The van der Waals surface area contributed by atoms with Gasteiger partial charge in [-0.2, -0.15) is 10.2 Å². The molecule has 31 heavy (non-hydrogen) atoms. The van der Waals surface area contributed by atoms with Crippen LogP contribution < -0.4 is 9.47 Å². The number of nitrogens with zero attached hydrogens (tertiary/aromatic N) is 5. The SMILES string of the molecule is N#CN1CCCC1Cn1ccc2ncnc(Oc3ccc(Oc4ccccc4)cc3)c21. The Morgan fingerprint density at radius 3 is 2.45 bits per heavy atom. The van der Waals surface area contributed by atoms with E-state index in [1.54, 1.807) is 0 Å². The van der Waals surface area contributed by atoms with Crippen LogP contribution >= 0.6 is 0 Å². The maximum absolute atomic E-state index is 9.35. The molecule has 0 radical (unpaired) electrons. The van der Waals surface area contributed by atoms with E-state index in [1.807, 2.05) is 71.8 Å². The van der Waals surface area contributed by atoms with Gasteiger partial charge in [-0.05, 0) is 55.3 Å². The summed E-state index contributed by atoms with van der Waals surface area (Å²) in [7, 11) is 0. The fourth-order valence-corrected chi connectivity index (χ4v) is 3.93. The van der Waals surface area contributed by atoms with Crippen LogP contribution in [0.2, 0.25) is 0 Å². The van der Waals surface area contributed by atoms with E-state index in [0.717, 1.165) is 41.9 Å². The van der Waals surface area contributed by atoms with Gasteiger partial charge in [0.05, 0.1) is 11.6 Å². The second kappa shape index (κ2) is 8.36. The highest BCUT2D eigenvalue weighted by Gasteiger charge is 2.25. The lowest BCUT2D eigenvalue weighted by molar-refractivity contribution is 0.330. The molecule has 2 aromatic heterocycles. The molecule has 154 valence electrons. The van der Waals surface area contributed by atoms with Crippen LogP contribution in [0.4, 0.5) is 0 Å². The Morgan fingerprint density at radius 1 is 0.935 bits per heavy atom. The van der Waals surface area contributed by atoms with Crippen LogP contribution in [-0.2, 0) is 6.54 Å². The average Bonchev–Trinajstić information content (AvgIpc) is 3.43. The van der Waals surface area contributed by atoms with Crippen molar-refractivity contribution in [1.82, 2.24) is 19.4 Å². The highest BCUT2D eigenvalue weighted by molar-refractivity contribution is 5.80. The van der Waals surface area contributed by atoms with Crippen molar-refractivity contribution in [2.75, 3.05) is 6.54 Å². The molecule has 0 aliphatic carbocycles. The van der Waals surface area contributed by atoms with Gasteiger partial charge in [-0.25, -0.2) is 4.98 Å². The quantitative estimate of drug-likeness (QED) is 0.417. The molecule has 0 spiro atoms. The first-order valence-electron chi connectivity index (χ1n) is 10.3. The van der Waals surface area contributed by atoms with Crippen LogP contribution in [0.5, 0.6) is 23.1 Å². The van der Waals surface area contributed by atoms with Gasteiger partial charge in [-0.1, -0.05) is 18.2 Å². The van der Waals surface area contributed by atoms with Crippen molar-refractivity contribution in [3.8, 4) is 29.3 Å². The number of ether oxygens (including phenoxy) is 2. The highest BCUT2D eigenvalue weighted by atomic mass is 16.5. The first-order valence-corrected chi connectivity index (χ1v) is 10.3. The van der Waals surface area contributed by atoms with Crippen LogP contribution in [-0.4, -0.2) is 32.0 Å². The normalized spacial score (nSPS) is 15.7. The molecule has 4 aromatic rings. The van der Waals surface area contributed by atoms with Gasteiger partial charge in [-0.15, -0.1) is 0 Å². The minimum absolute atomic E-state index is 0.183. The van der Waals surface area contributed by atoms with Crippen LogP contribution in [0.25, 0.3) is 11.0 Å². The molecular weight excluding hydrogens is 390 g/mol. The monoisotopic (exact) mass is 411 g/mol. The third-order valence-electron chi connectivity index (χ3n) is 5.45. The van der Waals surface area contributed by atoms with Crippen molar-refractivity contribution in [2.45, 2.75) is 25.4 Å². The number of para-hydroxylation sites is 1. The predicted octanol–water partition coefficient (Wildman–Crippen LogP) is 4.96. The van der Waals surface area contributed by atoms with Crippen LogP contribution in [0.15, 0.2) is 73.2 Å². The summed E-state index contributed by atoms with van der Waals surface area (Å²) >= 11 is 0. The Kier molecular flexibility index (Phi) is 5.11. The first-order chi connectivity index (χ1) is 15.3. The fourth-order valence-electron chi connectivity index (χ4n) is 3.93. The Bertz CT molecular complexity index is 1210. The number of hydrogen-bond acceptors (Lipinski definition) is 6. The summed E-state index contributed by atoms with van der Waals surface area (Å²) in [5, 5.41) is 9.35. The van der Waals surface area contributed by atoms with Crippen molar-refractivity contribution in [3.63, 3.8) is 0 Å². The molecule has 0 amide bonds. The van der Waals surface area contributed by atoms with Gasteiger partial charge in [0.2, 0.25) is 5.88 Å². The molecule has 1 saturated heterocycles. The standard InChI is InChI=1S/C24H21N5O2/c25-16-29-13-4-5-18(29)15-28-14-12-22-23(28)24(27-17-26-22)31-21-10-8-20(9-11-21)30-19-6-2-1-3-7-19/h1-3,6-12,14,17-18H,4-5,13,15H2. The molecule has 5 rings (SSSR count). The smallest absolute Gasteiger partial charge is 0.247 e. The third-order valence-corrected chi connectivity index (χ3v) is 5.45. The molecule has 1 aliphatic heterocycles. The number of benzene rings is 2. The van der Waals surface area contributed by atoms with E-state index in [4.69, 9.17) is 9.47 Å². The molecule has 7 heteroatoms. The molecular formula is C24H21N5O2. The Labute approximate surface area is 180 Å². The highest BCUT2D eigenvalue weighted by Crippen LogP contribution is 2.30. The molecule has 0 N–H and O–H groups in total. The van der Waals surface area contributed by atoms with Gasteiger partial charge in [0.15, 0.2) is 6.19 Å². The lowest BCUT2D eigenvalue weighted by Gasteiger charge is -2.19. The van der Waals surface area contributed by atoms with E-state index in [9.17, 15) is 5.26 Å². The summed E-state index contributed by atoms with van der Waals surface area (Å²) in [6.45, 7) is 1.52. The van der Waals surface area contributed by atoms with E-state index in [1.165, 1.54) is 6.33 Å². The summed E-state index contributed by atoms with van der Waals surface area (Å²) in [5.41, 5.74) is 1.65. The van der Waals surface area contributed by atoms with Crippen molar-refractivity contribution in [2.24, 2.45) is 0 Å². The number of hydrogen-bond donors (Lipinski definition) is 0. The van der Waals surface area contributed by atoms with Crippen molar-refractivity contribution in [1.29, 1.82) is 5.26 Å². The number of rotatable bonds is 6. The van der Waals surface area contributed by atoms with E-state index in [-0.39, 0.29) is 6.04 Å². The molecule has 1 atom stereocenters. The molecule has 1 fully saturated rings. The Morgan fingerprint density at radius 2 is 1.68 bits per heavy atom. The van der Waals surface area contributed by atoms with Crippen molar-refractivity contribution >= 4 is 11.0 Å². The topological polar surface area (TPSA) is 76.2 Å². The lowest BCUT2D eigenvalue weighted by atomic mass is 10.2. The molecule has 7 nitrogen and oxygen atoms in total. The average molecular weight is 411 g/mol. The fraction of sp³-hybridized carbons (Fsp3) is 0.208. The van der Waals surface area contributed by atoms with Gasteiger partial charge in [0.25, 0.3) is 0 Å². The maximum atomic E-state index is 9.35. The molecule has 1 aliphatic rings. The summed E-state index contributed by atoms with van der Waals surface area (Å²) < 4.78 is 14.0. The predicted molar refractivity (Wildman–Crippen MR) is 116 cm³/mol. The van der Waals surface area contributed by atoms with Gasteiger partial charge in [0, 0.05) is 19.3 Å². The Hall–Kier alpha value is -4.05. The zero-order valence-electron chi connectivity index (χ0n) is 16.9. The van der Waals surface area contributed by atoms with Crippen molar-refractivity contribution in [3.05, 3.63) is 73.2 Å². The second-order valence-corrected chi connectivity index (χ2v) is 7.46. The Balaban J connectivity index is 1.37. The minimum atomic E-state index is 0.183. The molecule has 1 unspecified atom stereocenters. The number of nitriles is 1. The number of fused-ring (bicyclic) bond motifs is 1. The van der Waals surface area contributed by atoms with E-state index < -0.39 is 0 Å². The maximum Gasteiger partial charge on any atom is 0.247 e. The summed E-state index contributed by atoms with van der Waals surface area (Å²) in [5.74, 6) is 2.67. The molecule has 0 bridgehead atoms.